The van der Waals surface area contributed by atoms with Gasteiger partial charge in [0.15, 0.2) is 0 Å². The molecule has 1 fully saturated rings. The highest BCUT2D eigenvalue weighted by atomic mass is 14.8. The molecule has 0 amide bonds. The number of nitrogens with one attached hydrogen (secondary N) is 1. The van der Waals surface area contributed by atoms with Gasteiger partial charge in [-0.05, 0) is 42.9 Å². The summed E-state index contributed by atoms with van der Waals surface area (Å²) < 4.78 is 0. The molecule has 0 bridgehead atoms. The van der Waals surface area contributed by atoms with Gasteiger partial charge in [0.05, 0.1) is 0 Å². The van der Waals surface area contributed by atoms with Crippen molar-refractivity contribution in [2.75, 3.05) is 6.54 Å². The zero-order valence-corrected chi connectivity index (χ0v) is 10.3. The van der Waals surface area contributed by atoms with Crippen LogP contribution in [0.4, 0.5) is 0 Å². The lowest BCUT2D eigenvalue weighted by molar-refractivity contribution is 0.614. The lowest BCUT2D eigenvalue weighted by Gasteiger charge is -2.09. The summed E-state index contributed by atoms with van der Waals surface area (Å²) in [7, 11) is 0. The Morgan fingerprint density at radius 2 is 2.00 bits per heavy atom. The van der Waals surface area contributed by atoms with Crippen LogP contribution in [0.3, 0.4) is 0 Å². The molecule has 0 radical (unpaired) electrons. The molecule has 1 aliphatic carbocycles. The van der Waals surface area contributed by atoms with E-state index in [1.165, 1.54) is 37.7 Å². The van der Waals surface area contributed by atoms with E-state index in [1.54, 1.807) is 5.56 Å². The fourth-order valence-corrected chi connectivity index (χ4v) is 2.21. The van der Waals surface area contributed by atoms with E-state index in [0.717, 1.165) is 19.0 Å². The summed E-state index contributed by atoms with van der Waals surface area (Å²) in [4.78, 5) is 0. The van der Waals surface area contributed by atoms with Gasteiger partial charge in [0.2, 0.25) is 0 Å². The highest BCUT2D eigenvalue weighted by molar-refractivity contribution is 5.33. The predicted octanol–water partition coefficient (Wildman–Crippen LogP) is 3.84. The van der Waals surface area contributed by atoms with Crippen molar-refractivity contribution >= 4 is 0 Å². The molecule has 1 nitrogen and oxygen atoms in total. The van der Waals surface area contributed by atoms with Crippen molar-refractivity contribution in [3.8, 4) is 0 Å². The summed E-state index contributed by atoms with van der Waals surface area (Å²) in [5, 5.41) is 3.56. The third-order valence-electron chi connectivity index (χ3n) is 3.34. The third-order valence-corrected chi connectivity index (χ3v) is 3.34. The minimum absolute atomic E-state index is 0.869. The summed E-state index contributed by atoms with van der Waals surface area (Å²) in [5.41, 5.74) is 3.10. The first-order valence-electron chi connectivity index (χ1n) is 6.70. The second-order valence-electron chi connectivity index (χ2n) is 4.86. The van der Waals surface area contributed by atoms with E-state index in [9.17, 15) is 0 Å². The average Bonchev–Trinajstić information content (AvgIpc) is 3.13. The van der Waals surface area contributed by atoms with Crippen LogP contribution in [0.5, 0.6) is 0 Å². The monoisotopic (exact) mass is 217 g/mol. The van der Waals surface area contributed by atoms with Gasteiger partial charge in [-0.3, -0.25) is 0 Å². The van der Waals surface area contributed by atoms with E-state index in [0.29, 0.717) is 0 Å². The summed E-state index contributed by atoms with van der Waals surface area (Å²) in [6.45, 7) is 4.46. The van der Waals surface area contributed by atoms with Gasteiger partial charge in [-0.1, -0.05) is 44.0 Å². The van der Waals surface area contributed by atoms with Crippen LogP contribution >= 0.6 is 0 Å². The van der Waals surface area contributed by atoms with Crippen molar-refractivity contribution in [3.63, 3.8) is 0 Å². The molecule has 0 aliphatic heterocycles. The van der Waals surface area contributed by atoms with Gasteiger partial charge >= 0.3 is 0 Å². The Morgan fingerprint density at radius 1 is 1.19 bits per heavy atom. The van der Waals surface area contributed by atoms with Gasteiger partial charge in [0.25, 0.3) is 0 Å². The molecule has 1 N–H and O–H groups in total. The fraction of sp³-hybridized carbons (Fsp3) is 0.600. The highest BCUT2D eigenvalue weighted by Gasteiger charge is 2.25. The van der Waals surface area contributed by atoms with E-state index >= 15 is 0 Å². The Bertz CT molecular complexity index is 315. The first-order valence-corrected chi connectivity index (χ1v) is 6.70. The van der Waals surface area contributed by atoms with E-state index in [1.807, 2.05) is 0 Å². The summed E-state index contributed by atoms with van der Waals surface area (Å²) in [5.74, 6) is 0.869. The van der Waals surface area contributed by atoms with Crippen LogP contribution in [0.2, 0.25) is 0 Å². The maximum absolute atomic E-state index is 3.56. The zero-order valence-electron chi connectivity index (χ0n) is 10.3. The maximum atomic E-state index is 3.56. The van der Waals surface area contributed by atoms with E-state index in [4.69, 9.17) is 0 Å². The van der Waals surface area contributed by atoms with Gasteiger partial charge in [0, 0.05) is 6.54 Å². The molecule has 88 valence electrons. The molecule has 1 saturated carbocycles. The van der Waals surface area contributed by atoms with Gasteiger partial charge in [-0.15, -0.1) is 0 Å². The smallest absolute Gasteiger partial charge is 0.0208 e. The Kier molecular flexibility index (Phi) is 4.41. The van der Waals surface area contributed by atoms with Crippen LogP contribution in [0.15, 0.2) is 24.3 Å². The Balaban J connectivity index is 1.79. The van der Waals surface area contributed by atoms with Crippen LogP contribution < -0.4 is 5.32 Å². The Morgan fingerprint density at radius 3 is 2.75 bits per heavy atom. The molecule has 1 aliphatic rings. The van der Waals surface area contributed by atoms with Crippen LogP contribution in [0.25, 0.3) is 0 Å². The minimum Gasteiger partial charge on any atom is -0.313 e. The molecule has 0 unspecified atom stereocenters. The van der Waals surface area contributed by atoms with Crippen molar-refractivity contribution in [3.05, 3.63) is 35.4 Å². The molecule has 2 rings (SSSR count). The quantitative estimate of drug-likeness (QED) is 0.684. The SMILES string of the molecule is CCCCCNCc1ccccc1C1CC1. The number of unbranched alkanes of at least 4 members (excludes halogenated alkanes) is 2. The molecular formula is C15H23N. The molecule has 0 atom stereocenters. The molecule has 0 spiro atoms. The third kappa shape index (κ3) is 3.34. The number of hydrogen-bond acceptors (Lipinski definition) is 1. The summed E-state index contributed by atoms with van der Waals surface area (Å²) >= 11 is 0. The van der Waals surface area contributed by atoms with Gasteiger partial charge in [-0.2, -0.15) is 0 Å². The second kappa shape index (κ2) is 6.05. The van der Waals surface area contributed by atoms with Crippen LogP contribution in [0.1, 0.15) is 56.1 Å². The van der Waals surface area contributed by atoms with Crippen molar-refractivity contribution in [2.45, 2.75) is 51.5 Å². The van der Waals surface area contributed by atoms with E-state index in [-0.39, 0.29) is 0 Å². The second-order valence-corrected chi connectivity index (χ2v) is 4.86. The van der Waals surface area contributed by atoms with Crippen LogP contribution in [-0.2, 0) is 6.54 Å². The maximum Gasteiger partial charge on any atom is 0.0208 e. The first-order chi connectivity index (χ1) is 7.92. The van der Waals surface area contributed by atoms with Crippen molar-refractivity contribution in [1.29, 1.82) is 0 Å². The largest absolute Gasteiger partial charge is 0.313 e. The molecule has 0 aromatic heterocycles. The average molecular weight is 217 g/mol. The van der Waals surface area contributed by atoms with E-state index in [2.05, 4.69) is 36.5 Å². The molecule has 1 aromatic rings. The molecule has 16 heavy (non-hydrogen) atoms. The Hall–Kier alpha value is -0.820. The summed E-state index contributed by atoms with van der Waals surface area (Å²) in [6.07, 6.45) is 6.75. The van der Waals surface area contributed by atoms with Crippen molar-refractivity contribution < 1.29 is 0 Å². The van der Waals surface area contributed by atoms with Crippen molar-refractivity contribution in [1.82, 2.24) is 5.32 Å². The topological polar surface area (TPSA) is 12.0 Å². The molecule has 0 heterocycles. The van der Waals surface area contributed by atoms with Gasteiger partial charge < -0.3 is 5.32 Å². The zero-order chi connectivity index (χ0) is 11.2. The summed E-state index contributed by atoms with van der Waals surface area (Å²) in [6, 6.07) is 8.92. The van der Waals surface area contributed by atoms with Crippen molar-refractivity contribution in [2.24, 2.45) is 0 Å². The van der Waals surface area contributed by atoms with Gasteiger partial charge in [0.1, 0.15) is 0 Å². The fourth-order valence-electron chi connectivity index (χ4n) is 2.21. The molecule has 1 heteroatoms. The first kappa shape index (κ1) is 11.7. The number of hydrogen-bond donors (Lipinski definition) is 1. The van der Waals surface area contributed by atoms with E-state index < -0.39 is 0 Å². The van der Waals surface area contributed by atoms with Crippen LogP contribution in [0, 0.1) is 0 Å². The normalized spacial score (nSPS) is 15.3. The number of benzene rings is 1. The highest BCUT2D eigenvalue weighted by Crippen LogP contribution is 2.41. The Labute approximate surface area is 99.3 Å². The standard InChI is InChI=1S/C15H23N/c1-2-3-6-11-16-12-14-7-4-5-8-15(14)13-9-10-13/h4-5,7-8,13,16H,2-3,6,9-12H2,1H3. The molecular weight excluding hydrogens is 194 g/mol. The lowest BCUT2D eigenvalue weighted by Crippen LogP contribution is -2.15. The van der Waals surface area contributed by atoms with Gasteiger partial charge in [-0.25, -0.2) is 0 Å². The lowest BCUT2D eigenvalue weighted by atomic mass is 10.0. The molecule has 1 aromatic carbocycles. The number of rotatable bonds is 7. The molecule has 0 saturated heterocycles. The minimum atomic E-state index is 0.869. The predicted molar refractivity (Wildman–Crippen MR) is 69.6 cm³/mol. The van der Waals surface area contributed by atoms with Crippen LogP contribution in [-0.4, -0.2) is 6.54 Å².